The van der Waals surface area contributed by atoms with Crippen molar-refractivity contribution in [1.82, 2.24) is 0 Å². The van der Waals surface area contributed by atoms with Crippen molar-refractivity contribution in [3.63, 3.8) is 0 Å². The summed E-state index contributed by atoms with van der Waals surface area (Å²) in [6.45, 7) is 1.12. The Hall–Kier alpha value is -2.21. The van der Waals surface area contributed by atoms with Crippen molar-refractivity contribution >= 4 is 5.97 Å². The molecule has 25 heavy (non-hydrogen) atoms. The molecule has 3 rings (SSSR count). The first-order valence-electron chi connectivity index (χ1n) is 8.28. The number of methoxy groups -OCH3 is 1. The van der Waals surface area contributed by atoms with Crippen LogP contribution in [0.25, 0.3) is 0 Å². The molecule has 2 aromatic carbocycles. The van der Waals surface area contributed by atoms with Crippen molar-refractivity contribution in [2.24, 2.45) is 0 Å². The van der Waals surface area contributed by atoms with Crippen LogP contribution in [0.15, 0.2) is 60.7 Å². The number of rotatable bonds is 7. The highest BCUT2D eigenvalue weighted by Gasteiger charge is 2.44. The molecular formula is C20H22O5. The van der Waals surface area contributed by atoms with Crippen LogP contribution in [0, 0.1) is 0 Å². The van der Waals surface area contributed by atoms with Crippen LogP contribution in [0.2, 0.25) is 0 Å². The smallest absolute Gasteiger partial charge is 0.337 e. The van der Waals surface area contributed by atoms with Gasteiger partial charge in [0.2, 0.25) is 0 Å². The fourth-order valence-electron chi connectivity index (χ4n) is 2.78. The average Bonchev–Trinajstić information content (AvgIpc) is 3.08. The van der Waals surface area contributed by atoms with Crippen molar-refractivity contribution in [2.75, 3.05) is 13.7 Å². The number of ether oxygens (including phenoxy) is 4. The molecule has 5 heteroatoms. The van der Waals surface area contributed by atoms with Gasteiger partial charge in [0.15, 0.2) is 6.10 Å². The molecule has 5 nitrogen and oxygen atoms in total. The molecule has 0 radical (unpaired) electrons. The highest BCUT2D eigenvalue weighted by molar-refractivity contribution is 5.75. The standard InChI is InChI=1S/C20H22O5/c1-22-20(21)19-18(24-13-16-10-6-3-7-11-16)17(14-25-19)23-12-15-8-4-2-5-9-15/h2-11,17-19H,12-14H2,1H3/t17-,18+,19?/m1/s1. The zero-order chi connectivity index (χ0) is 17.5. The summed E-state index contributed by atoms with van der Waals surface area (Å²) in [5.74, 6) is -0.441. The Bertz CT molecular complexity index is 658. The van der Waals surface area contributed by atoms with Crippen LogP contribution in [0.3, 0.4) is 0 Å². The molecule has 1 fully saturated rings. The number of esters is 1. The van der Waals surface area contributed by atoms with E-state index < -0.39 is 18.2 Å². The Morgan fingerprint density at radius 1 is 0.960 bits per heavy atom. The summed E-state index contributed by atoms with van der Waals surface area (Å²) < 4.78 is 22.3. The Morgan fingerprint density at radius 3 is 2.08 bits per heavy atom. The van der Waals surface area contributed by atoms with E-state index in [2.05, 4.69) is 0 Å². The largest absolute Gasteiger partial charge is 0.467 e. The van der Waals surface area contributed by atoms with Crippen molar-refractivity contribution in [3.8, 4) is 0 Å². The zero-order valence-electron chi connectivity index (χ0n) is 14.2. The Balaban J connectivity index is 1.64. The highest BCUT2D eigenvalue weighted by atomic mass is 16.6. The highest BCUT2D eigenvalue weighted by Crippen LogP contribution is 2.24. The van der Waals surface area contributed by atoms with Crippen molar-refractivity contribution in [1.29, 1.82) is 0 Å². The van der Waals surface area contributed by atoms with Gasteiger partial charge in [-0.1, -0.05) is 60.7 Å². The summed E-state index contributed by atoms with van der Waals surface area (Å²) in [6.07, 6.45) is -1.60. The van der Waals surface area contributed by atoms with Gasteiger partial charge in [-0.25, -0.2) is 4.79 Å². The van der Waals surface area contributed by atoms with E-state index in [1.165, 1.54) is 7.11 Å². The molecule has 0 spiro atoms. The fraction of sp³-hybridized carbons (Fsp3) is 0.350. The fourth-order valence-corrected chi connectivity index (χ4v) is 2.78. The topological polar surface area (TPSA) is 54.0 Å². The first kappa shape index (κ1) is 17.6. The van der Waals surface area contributed by atoms with E-state index >= 15 is 0 Å². The van der Waals surface area contributed by atoms with Crippen LogP contribution >= 0.6 is 0 Å². The molecule has 0 amide bonds. The summed E-state index contributed by atoms with van der Waals surface area (Å²) in [5, 5.41) is 0. The molecule has 0 bridgehead atoms. The first-order chi connectivity index (χ1) is 12.3. The molecule has 1 saturated heterocycles. The normalized spacial score (nSPS) is 22.7. The lowest BCUT2D eigenvalue weighted by Gasteiger charge is -2.22. The van der Waals surface area contributed by atoms with Gasteiger partial charge in [-0.05, 0) is 11.1 Å². The van der Waals surface area contributed by atoms with E-state index in [9.17, 15) is 4.79 Å². The maximum absolute atomic E-state index is 12.0. The van der Waals surface area contributed by atoms with E-state index in [0.717, 1.165) is 11.1 Å². The molecule has 3 atom stereocenters. The minimum absolute atomic E-state index is 0.298. The van der Waals surface area contributed by atoms with Gasteiger partial charge < -0.3 is 18.9 Å². The second-order valence-corrected chi connectivity index (χ2v) is 5.87. The Kier molecular flexibility index (Phi) is 6.17. The molecule has 0 saturated carbocycles. The van der Waals surface area contributed by atoms with Gasteiger partial charge in [0, 0.05) is 0 Å². The van der Waals surface area contributed by atoms with Crippen LogP contribution in [0.1, 0.15) is 11.1 Å². The Morgan fingerprint density at radius 2 is 1.52 bits per heavy atom. The predicted molar refractivity (Wildman–Crippen MR) is 91.8 cm³/mol. The van der Waals surface area contributed by atoms with Gasteiger partial charge in [-0.2, -0.15) is 0 Å². The average molecular weight is 342 g/mol. The van der Waals surface area contributed by atoms with E-state index in [-0.39, 0.29) is 6.10 Å². The molecular weight excluding hydrogens is 320 g/mol. The number of carbonyl (C=O) groups excluding carboxylic acids is 1. The maximum Gasteiger partial charge on any atom is 0.337 e. The van der Waals surface area contributed by atoms with Gasteiger partial charge in [-0.15, -0.1) is 0 Å². The van der Waals surface area contributed by atoms with Crippen LogP contribution < -0.4 is 0 Å². The third kappa shape index (κ3) is 4.66. The van der Waals surface area contributed by atoms with E-state index in [4.69, 9.17) is 18.9 Å². The summed E-state index contributed by atoms with van der Waals surface area (Å²) in [7, 11) is 1.35. The van der Waals surface area contributed by atoms with Crippen molar-refractivity contribution in [3.05, 3.63) is 71.8 Å². The van der Waals surface area contributed by atoms with Gasteiger partial charge in [0.25, 0.3) is 0 Å². The number of hydrogen-bond acceptors (Lipinski definition) is 5. The molecule has 2 aromatic rings. The lowest BCUT2D eigenvalue weighted by molar-refractivity contribution is -0.158. The second-order valence-electron chi connectivity index (χ2n) is 5.87. The predicted octanol–water partition coefficient (Wildman–Crippen LogP) is 2.73. The summed E-state index contributed by atoms with van der Waals surface area (Å²) in [6, 6.07) is 19.7. The van der Waals surface area contributed by atoms with Gasteiger partial charge in [0.1, 0.15) is 12.2 Å². The monoisotopic (exact) mass is 342 g/mol. The number of hydrogen-bond donors (Lipinski definition) is 0. The van der Waals surface area contributed by atoms with Gasteiger partial charge >= 0.3 is 5.97 Å². The summed E-state index contributed by atoms with van der Waals surface area (Å²) in [5.41, 5.74) is 2.09. The lowest BCUT2D eigenvalue weighted by Crippen LogP contribution is -2.39. The molecule has 0 aromatic heterocycles. The minimum atomic E-state index is -0.769. The molecule has 132 valence electrons. The second kappa shape index (κ2) is 8.76. The molecule has 1 unspecified atom stereocenters. The molecule has 0 N–H and O–H groups in total. The third-order valence-electron chi connectivity index (χ3n) is 4.13. The number of benzene rings is 2. The maximum atomic E-state index is 12.0. The zero-order valence-corrected chi connectivity index (χ0v) is 14.2. The van der Waals surface area contributed by atoms with Crippen LogP contribution in [0.5, 0.6) is 0 Å². The first-order valence-corrected chi connectivity index (χ1v) is 8.28. The summed E-state index contributed by atoms with van der Waals surface area (Å²) in [4.78, 5) is 12.0. The van der Waals surface area contributed by atoms with Crippen LogP contribution in [-0.2, 0) is 37.0 Å². The lowest BCUT2D eigenvalue weighted by atomic mass is 10.1. The van der Waals surface area contributed by atoms with Crippen LogP contribution in [0.4, 0.5) is 0 Å². The molecule has 0 aliphatic carbocycles. The third-order valence-corrected chi connectivity index (χ3v) is 4.13. The van der Waals surface area contributed by atoms with E-state index in [1.807, 2.05) is 60.7 Å². The summed E-state index contributed by atoms with van der Waals surface area (Å²) >= 11 is 0. The molecule has 1 aliphatic rings. The van der Waals surface area contributed by atoms with E-state index in [1.54, 1.807) is 0 Å². The minimum Gasteiger partial charge on any atom is -0.467 e. The molecule has 1 heterocycles. The van der Waals surface area contributed by atoms with E-state index in [0.29, 0.717) is 19.8 Å². The quantitative estimate of drug-likeness (QED) is 0.724. The van der Waals surface area contributed by atoms with Crippen molar-refractivity contribution < 1.29 is 23.7 Å². The van der Waals surface area contributed by atoms with Gasteiger partial charge in [0.05, 0.1) is 26.9 Å². The Labute approximate surface area is 147 Å². The number of carbonyl (C=O) groups is 1. The van der Waals surface area contributed by atoms with Gasteiger partial charge in [-0.3, -0.25) is 0 Å². The van der Waals surface area contributed by atoms with Crippen LogP contribution in [-0.4, -0.2) is 38.0 Å². The SMILES string of the molecule is COC(=O)C1OC[C@@H](OCc2ccccc2)[C@@H]1OCc1ccccc1. The van der Waals surface area contributed by atoms with Crippen molar-refractivity contribution in [2.45, 2.75) is 31.5 Å². The molecule has 1 aliphatic heterocycles.